The number of carbonyl (C=O) groups excluding carboxylic acids is 1. The molecule has 0 fully saturated rings. The summed E-state index contributed by atoms with van der Waals surface area (Å²) in [5, 5.41) is 2.08. The summed E-state index contributed by atoms with van der Waals surface area (Å²) in [6, 6.07) is 12.4. The van der Waals surface area contributed by atoms with Crippen molar-refractivity contribution in [3.63, 3.8) is 0 Å². The number of methoxy groups -OCH3 is 1. The Kier molecular flexibility index (Phi) is 4.41. The van der Waals surface area contributed by atoms with Gasteiger partial charge in [-0.15, -0.1) is 11.3 Å². The van der Waals surface area contributed by atoms with E-state index in [0.29, 0.717) is 6.42 Å². The number of benzene rings is 1. The maximum Gasteiger partial charge on any atom is 0.307 e. The molecule has 0 spiro atoms. The largest absolute Gasteiger partial charge is 0.469 e. The van der Waals surface area contributed by atoms with Crippen LogP contribution >= 0.6 is 11.3 Å². The normalized spacial score (nSPS) is 18.0. The summed E-state index contributed by atoms with van der Waals surface area (Å²) >= 11 is 1.74. The lowest BCUT2D eigenvalue weighted by atomic mass is 9.88. The van der Waals surface area contributed by atoms with Gasteiger partial charge in [0.05, 0.1) is 13.5 Å². The molecule has 1 aliphatic rings. The Bertz CT molecular complexity index is 678. The Morgan fingerprint density at radius 2 is 2.18 bits per heavy atom. The van der Waals surface area contributed by atoms with E-state index in [9.17, 15) is 4.79 Å². The molecule has 0 saturated heterocycles. The van der Waals surface area contributed by atoms with Crippen LogP contribution in [0.15, 0.2) is 48.4 Å². The van der Waals surface area contributed by atoms with Gasteiger partial charge < -0.3 is 4.74 Å². The number of esters is 1. The van der Waals surface area contributed by atoms with Crippen LogP contribution in [0, 0.1) is 0 Å². The van der Waals surface area contributed by atoms with Crippen LogP contribution in [0.3, 0.4) is 0 Å². The zero-order valence-electron chi connectivity index (χ0n) is 12.6. The highest BCUT2D eigenvalue weighted by molar-refractivity contribution is 7.09. The van der Waals surface area contributed by atoms with E-state index >= 15 is 0 Å². The Labute approximate surface area is 134 Å². The van der Waals surface area contributed by atoms with E-state index < -0.39 is 0 Å². The molecule has 1 aromatic carbocycles. The maximum atomic E-state index is 11.9. The zero-order valence-corrected chi connectivity index (χ0v) is 13.4. The van der Waals surface area contributed by atoms with E-state index in [1.54, 1.807) is 11.3 Å². The Morgan fingerprint density at radius 1 is 1.36 bits per heavy atom. The van der Waals surface area contributed by atoms with Crippen LogP contribution in [0.2, 0.25) is 0 Å². The molecule has 114 valence electrons. The van der Waals surface area contributed by atoms with Crippen LogP contribution in [0.5, 0.6) is 0 Å². The molecule has 2 aromatic rings. The first-order chi connectivity index (χ1) is 10.7. The van der Waals surface area contributed by atoms with Gasteiger partial charge in [-0.1, -0.05) is 36.9 Å². The van der Waals surface area contributed by atoms with Crippen molar-refractivity contribution in [3.8, 4) is 0 Å². The first-order valence-corrected chi connectivity index (χ1v) is 8.17. The van der Waals surface area contributed by atoms with Crippen molar-refractivity contribution in [1.82, 2.24) is 4.90 Å². The molecule has 0 amide bonds. The Hall–Kier alpha value is -1.91. The fraction of sp³-hybridized carbons (Fsp3) is 0.278. The first-order valence-electron chi connectivity index (χ1n) is 7.29. The molecule has 1 aliphatic heterocycles. The predicted octanol–water partition coefficient (Wildman–Crippen LogP) is 3.88. The topological polar surface area (TPSA) is 29.5 Å². The number of hydrogen-bond donors (Lipinski definition) is 0. The van der Waals surface area contributed by atoms with Crippen molar-refractivity contribution >= 4 is 22.9 Å². The van der Waals surface area contributed by atoms with E-state index in [1.165, 1.54) is 23.1 Å². The van der Waals surface area contributed by atoms with Gasteiger partial charge in [-0.25, -0.2) is 0 Å². The standard InChI is InChI=1S/C18H19NO2S/c1-13-11-19(12-14-6-5-9-22-14)17(10-18(20)21-2)16-8-4-3-7-15(13)16/h3-9,17H,1,10-12H2,2H3. The highest BCUT2D eigenvalue weighted by Crippen LogP contribution is 2.38. The number of nitrogens with zero attached hydrogens (tertiary/aromatic N) is 1. The highest BCUT2D eigenvalue weighted by Gasteiger charge is 2.31. The summed E-state index contributed by atoms with van der Waals surface area (Å²) in [5.74, 6) is -0.177. The summed E-state index contributed by atoms with van der Waals surface area (Å²) in [6.45, 7) is 5.81. The fourth-order valence-electron chi connectivity index (χ4n) is 3.00. The van der Waals surface area contributed by atoms with Gasteiger partial charge >= 0.3 is 5.97 Å². The highest BCUT2D eigenvalue weighted by atomic mass is 32.1. The molecule has 2 heterocycles. The third kappa shape index (κ3) is 2.98. The molecule has 1 atom stereocenters. The van der Waals surface area contributed by atoms with E-state index in [1.807, 2.05) is 12.1 Å². The smallest absolute Gasteiger partial charge is 0.307 e. The second kappa shape index (κ2) is 6.46. The van der Waals surface area contributed by atoms with Crippen molar-refractivity contribution in [2.75, 3.05) is 13.7 Å². The van der Waals surface area contributed by atoms with Gasteiger partial charge in [0.2, 0.25) is 0 Å². The van der Waals surface area contributed by atoms with Crippen LogP contribution in [0.25, 0.3) is 5.57 Å². The Morgan fingerprint density at radius 3 is 2.91 bits per heavy atom. The number of rotatable bonds is 4. The van der Waals surface area contributed by atoms with Crippen LogP contribution in [0.4, 0.5) is 0 Å². The molecule has 22 heavy (non-hydrogen) atoms. The van der Waals surface area contributed by atoms with Crippen molar-refractivity contribution < 1.29 is 9.53 Å². The lowest BCUT2D eigenvalue weighted by Gasteiger charge is -2.37. The quantitative estimate of drug-likeness (QED) is 0.802. The first kappa shape index (κ1) is 15.0. The molecule has 3 nitrogen and oxygen atoms in total. The van der Waals surface area contributed by atoms with Crippen LogP contribution in [-0.4, -0.2) is 24.5 Å². The summed E-state index contributed by atoms with van der Waals surface area (Å²) in [4.78, 5) is 15.5. The summed E-state index contributed by atoms with van der Waals surface area (Å²) < 4.78 is 4.89. The zero-order chi connectivity index (χ0) is 15.5. The van der Waals surface area contributed by atoms with Crippen molar-refractivity contribution in [3.05, 3.63) is 64.4 Å². The summed E-state index contributed by atoms with van der Waals surface area (Å²) in [6.07, 6.45) is 0.367. The lowest BCUT2D eigenvalue weighted by molar-refractivity contribution is -0.142. The summed E-state index contributed by atoms with van der Waals surface area (Å²) in [7, 11) is 1.44. The second-order valence-electron chi connectivity index (χ2n) is 5.47. The van der Waals surface area contributed by atoms with Crippen molar-refractivity contribution in [2.45, 2.75) is 19.0 Å². The minimum absolute atomic E-state index is 0.0382. The average molecular weight is 313 g/mol. The molecule has 0 aliphatic carbocycles. The third-order valence-electron chi connectivity index (χ3n) is 4.06. The third-order valence-corrected chi connectivity index (χ3v) is 4.92. The number of carbonyl (C=O) groups is 1. The molecule has 3 rings (SSSR count). The van der Waals surface area contributed by atoms with Gasteiger partial charge in [-0.2, -0.15) is 0 Å². The molecule has 4 heteroatoms. The van der Waals surface area contributed by atoms with Gasteiger partial charge in [-0.05, 0) is 28.1 Å². The van der Waals surface area contributed by atoms with Crippen molar-refractivity contribution in [2.24, 2.45) is 0 Å². The van der Waals surface area contributed by atoms with Gasteiger partial charge in [0.1, 0.15) is 0 Å². The van der Waals surface area contributed by atoms with Gasteiger partial charge in [-0.3, -0.25) is 9.69 Å². The van der Waals surface area contributed by atoms with Crippen LogP contribution < -0.4 is 0 Å². The van der Waals surface area contributed by atoms with Gasteiger partial charge in [0.15, 0.2) is 0 Å². The average Bonchev–Trinajstić information content (AvgIpc) is 3.04. The molecule has 0 N–H and O–H groups in total. The Balaban J connectivity index is 1.94. The molecular weight excluding hydrogens is 294 g/mol. The number of hydrogen-bond acceptors (Lipinski definition) is 4. The fourth-order valence-corrected chi connectivity index (χ4v) is 3.73. The maximum absolute atomic E-state index is 11.9. The van der Waals surface area contributed by atoms with E-state index in [0.717, 1.165) is 18.7 Å². The number of ether oxygens (including phenoxy) is 1. The number of fused-ring (bicyclic) bond motifs is 1. The molecule has 1 unspecified atom stereocenters. The van der Waals surface area contributed by atoms with E-state index in [2.05, 4.69) is 41.1 Å². The molecule has 0 radical (unpaired) electrons. The van der Waals surface area contributed by atoms with E-state index in [-0.39, 0.29) is 12.0 Å². The van der Waals surface area contributed by atoms with Gasteiger partial charge in [0.25, 0.3) is 0 Å². The molecular formula is C18H19NO2S. The van der Waals surface area contributed by atoms with Crippen LogP contribution in [0.1, 0.15) is 28.5 Å². The molecule has 1 aromatic heterocycles. The predicted molar refractivity (Wildman–Crippen MR) is 89.6 cm³/mol. The van der Waals surface area contributed by atoms with Gasteiger partial charge in [0, 0.05) is 24.0 Å². The lowest BCUT2D eigenvalue weighted by Crippen LogP contribution is -2.35. The molecule has 0 saturated carbocycles. The second-order valence-corrected chi connectivity index (χ2v) is 6.50. The summed E-state index contributed by atoms with van der Waals surface area (Å²) in [5.41, 5.74) is 3.44. The van der Waals surface area contributed by atoms with Crippen LogP contribution in [-0.2, 0) is 16.1 Å². The minimum Gasteiger partial charge on any atom is -0.469 e. The monoisotopic (exact) mass is 313 g/mol. The minimum atomic E-state index is -0.177. The van der Waals surface area contributed by atoms with E-state index in [4.69, 9.17) is 4.74 Å². The van der Waals surface area contributed by atoms with Crippen molar-refractivity contribution in [1.29, 1.82) is 0 Å². The molecule has 0 bridgehead atoms. The SMILES string of the molecule is C=C1CN(Cc2cccs2)C(CC(=O)OC)c2ccccc21. The number of thiophene rings is 1.